The maximum atomic E-state index is 12.4. The fourth-order valence-electron chi connectivity index (χ4n) is 4.63. The molecular weight excluding hydrogens is 540 g/mol. The number of amides is 2. The van der Waals surface area contributed by atoms with Crippen LogP contribution >= 0.6 is 11.3 Å². The van der Waals surface area contributed by atoms with Gasteiger partial charge in [0.25, 0.3) is 0 Å². The van der Waals surface area contributed by atoms with Gasteiger partial charge in [0.1, 0.15) is 17.2 Å². The summed E-state index contributed by atoms with van der Waals surface area (Å²) in [7, 11) is 2.16. The van der Waals surface area contributed by atoms with Crippen LogP contribution < -0.4 is 15.4 Å². The van der Waals surface area contributed by atoms with E-state index in [1.54, 1.807) is 6.07 Å². The van der Waals surface area contributed by atoms with Gasteiger partial charge in [-0.3, -0.25) is 14.6 Å². The van der Waals surface area contributed by atoms with Crippen LogP contribution in [0.5, 0.6) is 5.88 Å². The minimum Gasteiger partial charge on any atom is -0.476 e. The predicted molar refractivity (Wildman–Crippen MR) is 161 cm³/mol. The summed E-state index contributed by atoms with van der Waals surface area (Å²) in [5.74, 6) is 1.71. The van der Waals surface area contributed by atoms with Crippen molar-refractivity contribution in [2.45, 2.75) is 26.2 Å². The van der Waals surface area contributed by atoms with Crippen molar-refractivity contribution >= 4 is 44.2 Å². The highest BCUT2D eigenvalue weighted by atomic mass is 32.1. The number of pyridine rings is 1. The molecule has 11 nitrogen and oxygen atoms in total. The molecule has 1 aromatic carbocycles. The fourth-order valence-corrected chi connectivity index (χ4v) is 5.60. The first-order chi connectivity index (χ1) is 19.7. The van der Waals surface area contributed by atoms with Crippen LogP contribution in [0.1, 0.15) is 26.5 Å². The van der Waals surface area contributed by atoms with E-state index in [1.165, 1.54) is 11.3 Å². The van der Waals surface area contributed by atoms with Crippen molar-refractivity contribution in [3.63, 3.8) is 0 Å². The summed E-state index contributed by atoms with van der Waals surface area (Å²) in [6.45, 7) is 11.9. The average Bonchev–Trinajstić information content (AvgIpc) is 3.65. The maximum absolute atomic E-state index is 12.4. The number of likely N-dealkylation sites (N-methyl/N-ethyl adjacent to an activating group) is 1. The number of carbonyl (C=O) groups excluding carboxylic acids is 1. The van der Waals surface area contributed by atoms with Crippen LogP contribution in [-0.4, -0.2) is 81.7 Å². The third kappa shape index (κ3) is 6.19. The van der Waals surface area contributed by atoms with Crippen LogP contribution in [0.3, 0.4) is 0 Å². The lowest BCUT2D eigenvalue weighted by Crippen LogP contribution is -2.45. The topological polar surface area (TPSA) is 113 Å². The first-order valence-electron chi connectivity index (χ1n) is 13.7. The molecule has 5 aromatic rings. The lowest BCUT2D eigenvalue weighted by molar-refractivity contribution is 0.132. The Kier molecular flexibility index (Phi) is 7.37. The number of hydrogen-bond acceptors (Lipinski definition) is 9. The molecule has 2 amide bonds. The zero-order chi connectivity index (χ0) is 28.6. The Hall–Kier alpha value is -4.00. The van der Waals surface area contributed by atoms with Gasteiger partial charge in [0.05, 0.1) is 11.2 Å². The van der Waals surface area contributed by atoms with Crippen molar-refractivity contribution in [1.82, 2.24) is 29.3 Å². The van der Waals surface area contributed by atoms with E-state index >= 15 is 0 Å². The van der Waals surface area contributed by atoms with E-state index in [-0.39, 0.29) is 5.41 Å². The van der Waals surface area contributed by atoms with Gasteiger partial charge in [-0.2, -0.15) is 0 Å². The summed E-state index contributed by atoms with van der Waals surface area (Å²) < 4.78 is 13.3. The number of rotatable bonds is 7. The van der Waals surface area contributed by atoms with E-state index in [1.807, 2.05) is 63.4 Å². The Morgan fingerprint density at radius 1 is 1.05 bits per heavy atom. The number of urea groups is 1. The Balaban J connectivity index is 1.07. The van der Waals surface area contributed by atoms with Crippen LogP contribution in [0.2, 0.25) is 0 Å². The second kappa shape index (κ2) is 11.1. The highest BCUT2D eigenvalue weighted by Crippen LogP contribution is 2.30. The first-order valence-corrected chi connectivity index (χ1v) is 14.5. The Bertz CT molecular complexity index is 1660. The molecule has 41 heavy (non-hydrogen) atoms. The van der Waals surface area contributed by atoms with E-state index < -0.39 is 6.03 Å². The molecule has 4 aromatic heterocycles. The van der Waals surface area contributed by atoms with E-state index in [0.29, 0.717) is 29.8 Å². The number of piperazine rings is 1. The summed E-state index contributed by atoms with van der Waals surface area (Å²) in [4.78, 5) is 28.5. The smallest absolute Gasteiger partial charge is 0.324 e. The lowest BCUT2D eigenvalue weighted by atomic mass is 9.93. The largest absolute Gasteiger partial charge is 0.476 e. The van der Waals surface area contributed by atoms with Crippen molar-refractivity contribution in [3.05, 3.63) is 54.4 Å². The molecule has 0 aliphatic carbocycles. The van der Waals surface area contributed by atoms with Gasteiger partial charge >= 0.3 is 6.03 Å². The van der Waals surface area contributed by atoms with Crippen molar-refractivity contribution in [3.8, 4) is 17.1 Å². The summed E-state index contributed by atoms with van der Waals surface area (Å²) in [5, 5.41) is 9.45. The average molecular weight is 575 g/mol. The van der Waals surface area contributed by atoms with Gasteiger partial charge in [0.2, 0.25) is 5.88 Å². The molecule has 0 unspecified atom stereocenters. The SMILES string of the molecule is CN1CCN(CCOc2ccc3c(n2)sc2nc(-c4ccc(NC(=O)Nc5cc(C(C)(C)C)on5)cc4)cn23)CC1. The summed E-state index contributed by atoms with van der Waals surface area (Å²) in [5.41, 5.74) is 3.25. The van der Waals surface area contributed by atoms with E-state index in [0.717, 1.165) is 59.3 Å². The van der Waals surface area contributed by atoms with Crippen molar-refractivity contribution in [2.24, 2.45) is 0 Å². The molecule has 0 radical (unpaired) electrons. The fraction of sp³-hybridized carbons (Fsp3) is 0.379. The number of carbonyl (C=O) groups is 1. The van der Waals surface area contributed by atoms with Crippen LogP contribution in [0, 0.1) is 0 Å². The van der Waals surface area contributed by atoms with Gasteiger partial charge in [0.15, 0.2) is 10.8 Å². The number of hydrogen-bond donors (Lipinski definition) is 2. The van der Waals surface area contributed by atoms with Gasteiger partial charge in [-0.1, -0.05) is 49.4 Å². The Labute approximate surface area is 242 Å². The van der Waals surface area contributed by atoms with Crippen LogP contribution in [0.4, 0.5) is 16.3 Å². The monoisotopic (exact) mass is 574 g/mol. The lowest BCUT2D eigenvalue weighted by Gasteiger charge is -2.32. The number of nitrogens with one attached hydrogen (secondary N) is 2. The molecule has 0 atom stereocenters. The number of imidazole rings is 1. The predicted octanol–water partition coefficient (Wildman–Crippen LogP) is 5.17. The van der Waals surface area contributed by atoms with Gasteiger partial charge < -0.3 is 19.5 Å². The molecule has 214 valence electrons. The zero-order valence-electron chi connectivity index (χ0n) is 23.7. The number of ether oxygens (including phenoxy) is 1. The second-order valence-electron chi connectivity index (χ2n) is 11.3. The van der Waals surface area contributed by atoms with Gasteiger partial charge in [-0.05, 0) is 25.2 Å². The highest BCUT2D eigenvalue weighted by Gasteiger charge is 2.20. The normalized spacial score (nSPS) is 15.0. The minimum absolute atomic E-state index is 0.189. The summed E-state index contributed by atoms with van der Waals surface area (Å²) >= 11 is 1.53. The summed E-state index contributed by atoms with van der Waals surface area (Å²) in [6.07, 6.45) is 2.01. The number of fused-ring (bicyclic) bond motifs is 3. The van der Waals surface area contributed by atoms with Crippen LogP contribution in [-0.2, 0) is 5.41 Å². The van der Waals surface area contributed by atoms with Crippen molar-refractivity contribution < 1.29 is 14.1 Å². The van der Waals surface area contributed by atoms with Crippen LogP contribution in [0.25, 0.3) is 26.6 Å². The van der Waals surface area contributed by atoms with E-state index in [2.05, 4.69) is 37.0 Å². The maximum Gasteiger partial charge on any atom is 0.324 e. The number of nitrogens with zero attached hydrogens (tertiary/aromatic N) is 6. The Morgan fingerprint density at radius 3 is 2.56 bits per heavy atom. The molecule has 6 rings (SSSR count). The number of anilines is 2. The second-order valence-corrected chi connectivity index (χ2v) is 12.3. The quantitative estimate of drug-likeness (QED) is 0.274. The molecule has 5 heterocycles. The minimum atomic E-state index is -0.393. The highest BCUT2D eigenvalue weighted by molar-refractivity contribution is 7.23. The molecule has 1 saturated heterocycles. The van der Waals surface area contributed by atoms with Crippen molar-refractivity contribution in [1.29, 1.82) is 0 Å². The zero-order valence-corrected chi connectivity index (χ0v) is 24.5. The van der Waals surface area contributed by atoms with E-state index in [9.17, 15) is 4.79 Å². The number of thiazole rings is 1. The molecule has 0 spiro atoms. The molecule has 1 fully saturated rings. The van der Waals surface area contributed by atoms with Gasteiger partial charge in [-0.15, -0.1) is 0 Å². The molecule has 2 N–H and O–H groups in total. The molecule has 1 aliphatic rings. The number of aromatic nitrogens is 4. The third-order valence-corrected chi connectivity index (χ3v) is 8.08. The van der Waals surface area contributed by atoms with Gasteiger partial charge in [0, 0.05) is 67.7 Å². The van der Waals surface area contributed by atoms with Gasteiger partial charge in [-0.25, -0.2) is 14.8 Å². The molecule has 1 aliphatic heterocycles. The van der Waals surface area contributed by atoms with E-state index in [4.69, 9.17) is 19.2 Å². The molecule has 0 saturated carbocycles. The molecule has 0 bridgehead atoms. The number of benzene rings is 1. The van der Waals surface area contributed by atoms with Crippen LogP contribution in [0.15, 0.2) is 53.2 Å². The summed E-state index contributed by atoms with van der Waals surface area (Å²) in [6, 6.07) is 12.9. The first kappa shape index (κ1) is 27.2. The molecule has 12 heteroatoms. The third-order valence-electron chi connectivity index (χ3n) is 7.12. The standard InChI is InChI=1S/C29H34N8O3S/c1-29(2,3)23-17-24(34-40-23)32-27(38)30-20-7-5-19(6-8-20)21-18-37-22-9-10-25(33-26(22)41-28(37)31-21)39-16-15-36-13-11-35(4)12-14-36/h5-10,17-18H,11-16H2,1-4H3,(H2,30,32,34,38). The Morgan fingerprint density at radius 2 is 1.83 bits per heavy atom. The van der Waals surface area contributed by atoms with Crippen molar-refractivity contribution in [2.75, 3.05) is 57.0 Å². The molecular formula is C29H34N8O3S.